The maximum absolute atomic E-state index is 10.5. The number of nitrogens with zero attached hydrogens (tertiary/aromatic N) is 1. The molecule has 0 bridgehead atoms. The number of allylic oxidation sites excluding steroid dienone is 2. The maximum Gasteiger partial charge on any atom is 0.329 e. The molecule has 0 aromatic rings. The van der Waals surface area contributed by atoms with Crippen LogP contribution >= 0.6 is 0 Å². The molecule has 0 rings (SSSR count). The fourth-order valence-electron chi connectivity index (χ4n) is 0.767. The summed E-state index contributed by atoms with van der Waals surface area (Å²) in [6.45, 7) is 5.12. The van der Waals surface area contributed by atoms with Gasteiger partial charge in [-0.2, -0.15) is 5.26 Å². The van der Waals surface area contributed by atoms with E-state index in [1.807, 2.05) is 19.9 Å². The van der Waals surface area contributed by atoms with Crippen LogP contribution < -0.4 is 5.48 Å². The van der Waals surface area contributed by atoms with E-state index in [1.165, 1.54) is 6.92 Å². The van der Waals surface area contributed by atoms with E-state index in [0.29, 0.717) is 6.42 Å². The summed E-state index contributed by atoms with van der Waals surface area (Å²) in [6.07, 6.45) is 3.27. The lowest BCUT2D eigenvalue weighted by atomic mass is 10.1. The Morgan fingerprint density at radius 1 is 1.71 bits per heavy atom. The maximum atomic E-state index is 10.5. The van der Waals surface area contributed by atoms with Crippen LogP contribution in [0.2, 0.25) is 0 Å². The molecule has 0 aliphatic heterocycles. The van der Waals surface area contributed by atoms with Crippen molar-refractivity contribution in [2.75, 3.05) is 0 Å². The number of hydroxylamine groups is 1. The third-order valence-corrected chi connectivity index (χ3v) is 1.64. The van der Waals surface area contributed by atoms with Crippen LogP contribution in [-0.2, 0) is 9.63 Å². The minimum absolute atomic E-state index is 0.0179. The monoisotopic (exact) mass is 196 g/mol. The summed E-state index contributed by atoms with van der Waals surface area (Å²) in [5, 5.41) is 8.55. The van der Waals surface area contributed by atoms with Gasteiger partial charge in [0.1, 0.15) is 0 Å². The van der Waals surface area contributed by atoms with Gasteiger partial charge >= 0.3 is 5.97 Å². The summed E-state index contributed by atoms with van der Waals surface area (Å²) >= 11 is 0. The molecule has 0 aliphatic carbocycles. The third-order valence-electron chi connectivity index (χ3n) is 1.64. The van der Waals surface area contributed by atoms with Crippen LogP contribution in [0.15, 0.2) is 11.8 Å². The Morgan fingerprint density at radius 2 is 2.36 bits per heavy atom. The van der Waals surface area contributed by atoms with Crippen LogP contribution in [0.4, 0.5) is 0 Å². The topological polar surface area (TPSA) is 62.1 Å². The van der Waals surface area contributed by atoms with Crippen molar-refractivity contribution in [3.05, 3.63) is 11.8 Å². The van der Waals surface area contributed by atoms with Gasteiger partial charge in [0.2, 0.25) is 0 Å². The van der Waals surface area contributed by atoms with E-state index >= 15 is 0 Å². The second-order valence-corrected chi connectivity index (χ2v) is 3.04. The summed E-state index contributed by atoms with van der Waals surface area (Å²) < 4.78 is 0. The Balaban J connectivity index is 4.00. The molecule has 78 valence electrons. The van der Waals surface area contributed by atoms with Crippen LogP contribution in [0.1, 0.15) is 33.6 Å². The van der Waals surface area contributed by atoms with Gasteiger partial charge in [-0.05, 0) is 19.8 Å². The summed E-state index contributed by atoms with van der Waals surface area (Å²) in [4.78, 5) is 15.1. The molecule has 4 nitrogen and oxygen atoms in total. The van der Waals surface area contributed by atoms with Crippen molar-refractivity contribution in [1.29, 1.82) is 5.26 Å². The van der Waals surface area contributed by atoms with E-state index in [9.17, 15) is 4.79 Å². The van der Waals surface area contributed by atoms with Crippen LogP contribution in [-0.4, -0.2) is 5.97 Å². The molecular formula is C10H16N2O2. The highest BCUT2D eigenvalue weighted by atomic mass is 16.7. The molecule has 0 amide bonds. The van der Waals surface area contributed by atoms with Gasteiger partial charge in [-0.25, -0.2) is 5.48 Å². The fourth-order valence-corrected chi connectivity index (χ4v) is 0.767. The number of nitriles is 1. The number of hydrogen-bond donors (Lipinski definition) is 1. The van der Waals surface area contributed by atoms with Crippen LogP contribution in [0.25, 0.3) is 0 Å². The minimum atomic E-state index is -0.377. The molecule has 0 aromatic carbocycles. The van der Waals surface area contributed by atoms with Crippen molar-refractivity contribution in [2.45, 2.75) is 33.6 Å². The van der Waals surface area contributed by atoms with Crippen molar-refractivity contribution in [3.63, 3.8) is 0 Å². The van der Waals surface area contributed by atoms with E-state index in [2.05, 4.69) is 16.4 Å². The second kappa shape index (κ2) is 6.96. The lowest BCUT2D eigenvalue weighted by Gasteiger charge is -2.07. The predicted molar refractivity (Wildman–Crippen MR) is 52.7 cm³/mol. The van der Waals surface area contributed by atoms with Crippen LogP contribution in [0.3, 0.4) is 0 Å². The number of carbonyl (C=O) groups excluding carboxylic acids is 1. The number of carbonyl (C=O) groups is 1. The lowest BCUT2D eigenvalue weighted by Crippen LogP contribution is -2.17. The van der Waals surface area contributed by atoms with Crippen molar-refractivity contribution >= 4 is 5.97 Å². The first kappa shape index (κ1) is 12.5. The molecule has 1 unspecified atom stereocenters. The van der Waals surface area contributed by atoms with Crippen molar-refractivity contribution in [1.82, 2.24) is 5.48 Å². The highest BCUT2D eigenvalue weighted by Crippen LogP contribution is 2.05. The Bertz CT molecular complexity index is 253. The third kappa shape index (κ3) is 6.06. The van der Waals surface area contributed by atoms with Gasteiger partial charge in [-0.3, -0.25) is 4.79 Å². The molecule has 0 spiro atoms. The Hall–Kier alpha value is -1.50. The van der Waals surface area contributed by atoms with Crippen molar-refractivity contribution < 1.29 is 9.63 Å². The van der Waals surface area contributed by atoms with Crippen molar-refractivity contribution in [2.24, 2.45) is 5.92 Å². The normalized spacial score (nSPS) is 12.9. The molecular weight excluding hydrogens is 180 g/mol. The van der Waals surface area contributed by atoms with Crippen LogP contribution in [0.5, 0.6) is 0 Å². The molecule has 0 saturated carbocycles. The fraction of sp³-hybridized carbons (Fsp3) is 0.600. The molecule has 0 heterocycles. The summed E-state index contributed by atoms with van der Waals surface area (Å²) in [6, 6.07) is 2.13. The molecule has 0 saturated heterocycles. The summed E-state index contributed by atoms with van der Waals surface area (Å²) in [7, 11) is 0. The van der Waals surface area contributed by atoms with Gasteiger partial charge in [0.05, 0.1) is 6.07 Å². The quantitative estimate of drug-likeness (QED) is 0.682. The zero-order valence-corrected chi connectivity index (χ0v) is 8.83. The first-order chi connectivity index (χ1) is 6.60. The van der Waals surface area contributed by atoms with E-state index in [4.69, 9.17) is 5.26 Å². The predicted octanol–water partition coefficient (Wildman–Crippen LogP) is 1.90. The highest BCUT2D eigenvalue weighted by molar-refractivity contribution is 5.65. The van der Waals surface area contributed by atoms with Gasteiger partial charge in [0.15, 0.2) is 0 Å². The molecule has 4 heteroatoms. The molecule has 1 atom stereocenters. The summed E-state index contributed by atoms with van der Waals surface area (Å²) in [5.41, 5.74) is 3.37. The standard InChI is InChI=1S/C10H16N2O2/c1-4-10(12-14-9(3)13)6-5-8(2)7-11/h6,8,12H,4-5H2,1-3H3/b10-6-. The molecule has 0 radical (unpaired) electrons. The SMILES string of the molecule is CC/C(=C/CC(C)C#N)NOC(C)=O. The van der Waals surface area contributed by atoms with Gasteiger partial charge in [0, 0.05) is 18.5 Å². The first-order valence-electron chi connectivity index (χ1n) is 4.62. The number of nitrogens with one attached hydrogen (secondary N) is 1. The van der Waals surface area contributed by atoms with Gasteiger partial charge in [0.25, 0.3) is 0 Å². The van der Waals surface area contributed by atoms with E-state index in [-0.39, 0.29) is 11.9 Å². The average molecular weight is 196 g/mol. The van der Waals surface area contributed by atoms with Gasteiger partial charge in [-0.1, -0.05) is 13.0 Å². The van der Waals surface area contributed by atoms with E-state index in [1.54, 1.807) is 0 Å². The Labute approximate surface area is 84.5 Å². The first-order valence-corrected chi connectivity index (χ1v) is 4.62. The summed E-state index contributed by atoms with van der Waals surface area (Å²) in [5.74, 6) is -0.395. The number of hydrogen-bond acceptors (Lipinski definition) is 4. The zero-order chi connectivity index (χ0) is 11.0. The van der Waals surface area contributed by atoms with Crippen LogP contribution in [0, 0.1) is 17.2 Å². The molecule has 1 N–H and O–H groups in total. The minimum Gasteiger partial charge on any atom is -0.344 e. The molecule has 0 aliphatic rings. The smallest absolute Gasteiger partial charge is 0.329 e. The van der Waals surface area contributed by atoms with E-state index in [0.717, 1.165) is 12.1 Å². The zero-order valence-electron chi connectivity index (χ0n) is 8.83. The highest BCUT2D eigenvalue weighted by Gasteiger charge is 1.99. The van der Waals surface area contributed by atoms with Crippen molar-refractivity contribution in [3.8, 4) is 6.07 Å². The molecule has 14 heavy (non-hydrogen) atoms. The van der Waals surface area contributed by atoms with Gasteiger partial charge in [-0.15, -0.1) is 0 Å². The lowest BCUT2D eigenvalue weighted by molar-refractivity contribution is -0.146. The second-order valence-electron chi connectivity index (χ2n) is 3.04. The molecule has 0 aromatic heterocycles. The molecule has 0 fully saturated rings. The largest absolute Gasteiger partial charge is 0.344 e. The Kier molecular flexibility index (Phi) is 6.21. The average Bonchev–Trinajstić information content (AvgIpc) is 2.17. The van der Waals surface area contributed by atoms with Gasteiger partial charge < -0.3 is 4.84 Å². The number of rotatable bonds is 5. The van der Waals surface area contributed by atoms with E-state index < -0.39 is 0 Å². The Morgan fingerprint density at radius 3 is 2.79 bits per heavy atom.